The highest BCUT2D eigenvalue weighted by Crippen LogP contribution is 2.34. The maximum Gasteiger partial charge on any atom is 0.471 e. The number of rotatable bonds is 9. The molecule has 7 heteroatoms. The Morgan fingerprint density at radius 1 is 0.822 bits per heavy atom. The number of alkyl halides is 3. The van der Waals surface area contributed by atoms with Gasteiger partial charge in [-0.15, -0.1) is 0 Å². The molecule has 1 saturated heterocycles. The van der Waals surface area contributed by atoms with E-state index < -0.39 is 18.1 Å². The van der Waals surface area contributed by atoms with E-state index in [0.717, 1.165) is 22.4 Å². The van der Waals surface area contributed by atoms with E-state index in [0.29, 0.717) is 36.9 Å². The highest BCUT2D eigenvalue weighted by atomic mass is 19.4. The number of benzene rings is 4. The average Bonchev–Trinajstić information content (AvgIpc) is 3.07. The average molecular weight is 608 g/mol. The van der Waals surface area contributed by atoms with Crippen LogP contribution in [-0.2, 0) is 17.8 Å². The summed E-state index contributed by atoms with van der Waals surface area (Å²) >= 11 is 0. The number of hydrogen-bond acceptors (Lipinski definition) is 3. The van der Waals surface area contributed by atoms with Crippen LogP contribution in [0, 0.1) is 0 Å². The smallest absolute Gasteiger partial charge is 0.327 e. The maximum absolute atomic E-state index is 14.1. The molecule has 45 heavy (non-hydrogen) atoms. The number of carbonyl (C=O) groups excluding carboxylic acids is 1. The highest BCUT2D eigenvalue weighted by molar-refractivity contribution is 5.84. The topological polar surface area (TPSA) is 36.4 Å². The van der Waals surface area contributed by atoms with Crippen molar-refractivity contribution in [2.45, 2.75) is 50.0 Å². The first kappa shape index (κ1) is 30.5. The quantitative estimate of drug-likeness (QED) is 0.170. The van der Waals surface area contributed by atoms with Crippen molar-refractivity contribution in [3.8, 4) is 0 Å². The van der Waals surface area contributed by atoms with E-state index in [1.54, 1.807) is 12.3 Å². The lowest BCUT2D eigenvalue weighted by Crippen LogP contribution is -2.55. The first-order chi connectivity index (χ1) is 21.9. The normalized spacial score (nSPS) is 17.4. The van der Waals surface area contributed by atoms with Crippen LogP contribution in [0.2, 0.25) is 0 Å². The van der Waals surface area contributed by atoms with Crippen LogP contribution in [0.3, 0.4) is 0 Å². The van der Waals surface area contributed by atoms with Gasteiger partial charge in [0.2, 0.25) is 0 Å². The molecule has 1 aromatic heterocycles. The minimum atomic E-state index is -4.97. The Hall–Kier alpha value is -4.49. The van der Waals surface area contributed by atoms with Crippen LogP contribution in [0.4, 0.5) is 13.2 Å². The molecule has 5 aromatic rings. The fraction of sp³-hybridized carbons (Fsp3) is 0.263. The standard InChI is InChI=1S/C38H36F3N3O/c39-38(40,41)37(45)44(26-31-20-22-42-36-19-11-10-18-34(31)36)32-21-23-43(33(25-32)24-28-12-4-1-5-13-28)27-35(29-14-6-2-7-15-29)30-16-8-3-9-17-30/h1-20,22,32-33,35H,21,23-27H2/t32-,33+/m0/s1. The first-order valence-electron chi connectivity index (χ1n) is 15.4. The summed E-state index contributed by atoms with van der Waals surface area (Å²) in [4.78, 5) is 20.9. The van der Waals surface area contributed by atoms with Crippen molar-refractivity contribution >= 4 is 16.8 Å². The molecule has 0 aliphatic carbocycles. The summed E-state index contributed by atoms with van der Waals surface area (Å²) in [5, 5.41) is 0.756. The molecule has 0 spiro atoms. The number of hydrogen-bond donors (Lipinski definition) is 0. The Labute approximate surface area is 262 Å². The molecule has 6 rings (SSSR count). The third-order valence-corrected chi connectivity index (χ3v) is 8.97. The molecule has 1 fully saturated rings. The molecule has 0 radical (unpaired) electrons. The van der Waals surface area contributed by atoms with Crippen LogP contribution in [-0.4, -0.2) is 52.0 Å². The molecule has 2 heterocycles. The largest absolute Gasteiger partial charge is 0.471 e. The van der Waals surface area contributed by atoms with Crippen molar-refractivity contribution in [3.05, 3.63) is 150 Å². The molecule has 230 valence electrons. The lowest BCUT2D eigenvalue weighted by Gasteiger charge is -2.45. The summed E-state index contributed by atoms with van der Waals surface area (Å²) in [5.41, 5.74) is 4.87. The molecule has 0 bridgehead atoms. The van der Waals surface area contributed by atoms with Crippen LogP contribution >= 0.6 is 0 Å². The molecular formula is C38H36F3N3O. The number of piperidine rings is 1. The number of aromatic nitrogens is 1. The number of nitrogens with zero attached hydrogens (tertiary/aromatic N) is 3. The molecular weight excluding hydrogens is 571 g/mol. The minimum Gasteiger partial charge on any atom is -0.327 e. The SMILES string of the molecule is O=C(N(Cc1ccnc2ccccc12)[C@H]1CCN(CC(c2ccccc2)c2ccccc2)[C@H](Cc2ccccc2)C1)C(F)(F)F. The summed E-state index contributed by atoms with van der Waals surface area (Å²) in [5.74, 6) is -1.69. The van der Waals surface area contributed by atoms with E-state index in [-0.39, 0.29) is 18.5 Å². The van der Waals surface area contributed by atoms with Crippen molar-refractivity contribution in [3.63, 3.8) is 0 Å². The zero-order chi connectivity index (χ0) is 31.2. The Balaban J connectivity index is 1.32. The highest BCUT2D eigenvalue weighted by Gasteiger charge is 2.46. The van der Waals surface area contributed by atoms with Gasteiger partial charge in [-0.05, 0) is 53.6 Å². The summed E-state index contributed by atoms with van der Waals surface area (Å²) in [6.45, 7) is 1.18. The van der Waals surface area contributed by atoms with E-state index in [1.807, 2.05) is 78.9 Å². The van der Waals surface area contributed by atoms with Crippen LogP contribution in [0.25, 0.3) is 10.9 Å². The minimum absolute atomic E-state index is 0.0567. The van der Waals surface area contributed by atoms with Crippen molar-refractivity contribution in [2.75, 3.05) is 13.1 Å². The lowest BCUT2D eigenvalue weighted by molar-refractivity contribution is -0.189. The number of fused-ring (bicyclic) bond motifs is 1. The molecule has 0 unspecified atom stereocenters. The zero-order valence-corrected chi connectivity index (χ0v) is 25.0. The van der Waals surface area contributed by atoms with Gasteiger partial charge in [0.05, 0.1) is 5.52 Å². The van der Waals surface area contributed by atoms with Gasteiger partial charge in [-0.3, -0.25) is 14.7 Å². The summed E-state index contributed by atoms with van der Waals surface area (Å²) in [6.07, 6.45) is -1.80. The van der Waals surface area contributed by atoms with Crippen LogP contribution in [0.5, 0.6) is 0 Å². The molecule has 4 nitrogen and oxygen atoms in total. The fourth-order valence-corrected chi connectivity index (χ4v) is 6.71. The van der Waals surface area contributed by atoms with Crippen LogP contribution in [0.15, 0.2) is 128 Å². The second-order valence-corrected chi connectivity index (χ2v) is 11.8. The Bertz CT molecular complexity index is 1650. The summed E-state index contributed by atoms with van der Waals surface area (Å²) < 4.78 is 42.4. The molecule has 1 aliphatic heterocycles. The van der Waals surface area contributed by atoms with Gasteiger partial charge in [-0.25, -0.2) is 0 Å². The van der Waals surface area contributed by atoms with Crippen LogP contribution in [0.1, 0.15) is 41.0 Å². The number of amides is 1. The van der Waals surface area contributed by atoms with Gasteiger partial charge in [-0.2, -0.15) is 13.2 Å². The van der Waals surface area contributed by atoms with Gasteiger partial charge in [0, 0.05) is 49.2 Å². The van der Waals surface area contributed by atoms with Gasteiger partial charge >= 0.3 is 12.1 Å². The maximum atomic E-state index is 14.1. The van der Waals surface area contributed by atoms with Gasteiger partial charge in [-0.1, -0.05) is 109 Å². The molecule has 0 N–H and O–H groups in total. The Morgan fingerprint density at radius 2 is 1.42 bits per heavy atom. The molecule has 1 amide bonds. The summed E-state index contributed by atoms with van der Waals surface area (Å²) in [6, 6.07) is 39.3. The van der Waals surface area contributed by atoms with Gasteiger partial charge in [0.25, 0.3) is 0 Å². The van der Waals surface area contributed by atoms with E-state index in [9.17, 15) is 18.0 Å². The molecule has 4 aromatic carbocycles. The van der Waals surface area contributed by atoms with E-state index in [4.69, 9.17) is 0 Å². The third-order valence-electron chi connectivity index (χ3n) is 8.97. The molecule has 2 atom stereocenters. The van der Waals surface area contributed by atoms with Crippen molar-refractivity contribution in [1.82, 2.24) is 14.8 Å². The Kier molecular flexibility index (Phi) is 9.26. The van der Waals surface area contributed by atoms with Crippen molar-refractivity contribution < 1.29 is 18.0 Å². The van der Waals surface area contributed by atoms with E-state index in [1.165, 1.54) is 11.1 Å². The van der Waals surface area contributed by atoms with E-state index in [2.05, 4.69) is 46.3 Å². The summed E-state index contributed by atoms with van der Waals surface area (Å²) in [7, 11) is 0. The van der Waals surface area contributed by atoms with Crippen molar-refractivity contribution in [2.24, 2.45) is 0 Å². The number of halogens is 3. The predicted octanol–water partition coefficient (Wildman–Crippen LogP) is 8.03. The fourth-order valence-electron chi connectivity index (χ4n) is 6.71. The Morgan fingerprint density at radius 3 is 2.07 bits per heavy atom. The van der Waals surface area contributed by atoms with Gasteiger partial charge in [0.15, 0.2) is 0 Å². The molecule has 1 aliphatic rings. The lowest BCUT2D eigenvalue weighted by atomic mass is 9.86. The number of para-hydroxylation sites is 1. The van der Waals surface area contributed by atoms with Gasteiger partial charge < -0.3 is 4.90 Å². The monoisotopic (exact) mass is 607 g/mol. The second kappa shape index (κ2) is 13.7. The zero-order valence-electron chi connectivity index (χ0n) is 25.0. The van der Waals surface area contributed by atoms with Gasteiger partial charge in [0.1, 0.15) is 0 Å². The number of pyridine rings is 1. The van der Waals surface area contributed by atoms with Crippen molar-refractivity contribution in [1.29, 1.82) is 0 Å². The first-order valence-corrected chi connectivity index (χ1v) is 15.4. The van der Waals surface area contributed by atoms with E-state index >= 15 is 0 Å². The predicted molar refractivity (Wildman–Crippen MR) is 172 cm³/mol. The number of likely N-dealkylation sites (tertiary alicyclic amines) is 1. The third kappa shape index (κ3) is 7.26. The van der Waals surface area contributed by atoms with Crippen LogP contribution < -0.4 is 0 Å². The molecule has 0 saturated carbocycles. The second-order valence-electron chi connectivity index (χ2n) is 11.8. The number of carbonyl (C=O) groups is 1.